The van der Waals surface area contributed by atoms with Crippen LogP contribution < -0.4 is 5.73 Å². The number of amides is 2. The van der Waals surface area contributed by atoms with Crippen molar-refractivity contribution in [3.63, 3.8) is 0 Å². The summed E-state index contributed by atoms with van der Waals surface area (Å²) in [5, 5.41) is 0.670. The van der Waals surface area contributed by atoms with Crippen molar-refractivity contribution < 1.29 is 14.3 Å². The molecule has 2 aliphatic rings. The lowest BCUT2D eigenvalue weighted by atomic mass is 10.1. The maximum atomic E-state index is 12.7. The third-order valence-electron chi connectivity index (χ3n) is 4.97. The summed E-state index contributed by atoms with van der Waals surface area (Å²) in [4.78, 5) is 32.2. The van der Waals surface area contributed by atoms with E-state index < -0.39 is 0 Å². The molecule has 8 heteroatoms. The van der Waals surface area contributed by atoms with Crippen LogP contribution in [0.15, 0.2) is 42.6 Å². The third kappa shape index (κ3) is 3.55. The minimum absolute atomic E-state index is 0.135. The molecule has 0 saturated carbocycles. The molecule has 0 unspecified atom stereocenters. The number of anilines is 1. The first-order chi connectivity index (χ1) is 13.0. The van der Waals surface area contributed by atoms with Crippen molar-refractivity contribution in [1.82, 2.24) is 14.8 Å². The minimum atomic E-state index is -0.327. The Morgan fingerprint density at radius 1 is 1.30 bits per heavy atom. The van der Waals surface area contributed by atoms with Crippen LogP contribution in [0.3, 0.4) is 0 Å². The van der Waals surface area contributed by atoms with Gasteiger partial charge in [0.2, 0.25) is 0 Å². The average Bonchev–Trinajstić information content (AvgIpc) is 3.16. The number of carbonyl (C=O) groups is 2. The lowest BCUT2D eigenvalue weighted by Gasteiger charge is -2.22. The number of nitrogens with zero attached hydrogens (tertiary/aromatic N) is 3. The van der Waals surface area contributed by atoms with E-state index in [1.54, 1.807) is 21.9 Å². The Kier molecular flexibility index (Phi) is 4.61. The van der Waals surface area contributed by atoms with Crippen molar-refractivity contribution in [1.29, 1.82) is 0 Å². The second kappa shape index (κ2) is 7.08. The number of hydrogen-bond donors (Lipinski definition) is 1. The van der Waals surface area contributed by atoms with Gasteiger partial charge in [-0.05, 0) is 36.2 Å². The molecular formula is C19H19ClN4O3. The average molecular weight is 387 g/mol. The van der Waals surface area contributed by atoms with E-state index in [-0.39, 0.29) is 24.1 Å². The molecule has 1 aromatic heterocycles. The van der Waals surface area contributed by atoms with E-state index in [9.17, 15) is 9.59 Å². The summed E-state index contributed by atoms with van der Waals surface area (Å²) in [7, 11) is 0. The van der Waals surface area contributed by atoms with Crippen LogP contribution in [0.5, 0.6) is 0 Å². The van der Waals surface area contributed by atoms with Gasteiger partial charge in [-0.1, -0.05) is 23.7 Å². The van der Waals surface area contributed by atoms with Gasteiger partial charge in [0, 0.05) is 29.9 Å². The molecule has 2 N–H and O–H groups in total. The molecule has 2 fully saturated rings. The number of nitrogens with two attached hydrogens (primary N) is 1. The molecule has 2 atom stereocenters. The molecular weight excluding hydrogens is 368 g/mol. The van der Waals surface area contributed by atoms with Gasteiger partial charge in [0.1, 0.15) is 11.9 Å². The van der Waals surface area contributed by atoms with Gasteiger partial charge >= 0.3 is 6.09 Å². The fourth-order valence-corrected chi connectivity index (χ4v) is 3.85. The number of likely N-dealkylation sites (tertiary alicyclic amines) is 1. The van der Waals surface area contributed by atoms with Gasteiger partial charge in [0.05, 0.1) is 12.6 Å². The highest BCUT2D eigenvalue weighted by atomic mass is 35.5. The smallest absolute Gasteiger partial charge is 0.410 e. The highest BCUT2D eigenvalue weighted by Crippen LogP contribution is 2.28. The van der Waals surface area contributed by atoms with Crippen molar-refractivity contribution in [3.8, 4) is 0 Å². The van der Waals surface area contributed by atoms with Crippen LogP contribution in [0.2, 0.25) is 5.02 Å². The lowest BCUT2D eigenvalue weighted by molar-refractivity contribution is 0.0728. The first kappa shape index (κ1) is 17.6. The first-order valence-corrected chi connectivity index (χ1v) is 9.11. The molecule has 4 rings (SSSR count). The molecule has 27 heavy (non-hydrogen) atoms. The summed E-state index contributed by atoms with van der Waals surface area (Å²) in [5.41, 5.74) is 7.20. The zero-order valence-electron chi connectivity index (χ0n) is 14.5. The highest BCUT2D eigenvalue weighted by molar-refractivity contribution is 6.30. The normalized spacial score (nSPS) is 21.3. The van der Waals surface area contributed by atoms with Crippen LogP contribution in [-0.2, 0) is 11.2 Å². The number of halogens is 1. The number of ether oxygens (including phenoxy) is 1. The van der Waals surface area contributed by atoms with E-state index >= 15 is 0 Å². The first-order valence-electron chi connectivity index (χ1n) is 8.74. The maximum absolute atomic E-state index is 12.7. The number of benzene rings is 1. The molecule has 0 aliphatic carbocycles. The van der Waals surface area contributed by atoms with Crippen molar-refractivity contribution in [2.24, 2.45) is 0 Å². The molecule has 7 nitrogen and oxygen atoms in total. The minimum Gasteiger partial charge on any atom is -0.442 e. The second-order valence-electron chi connectivity index (χ2n) is 6.74. The Labute approximate surface area is 161 Å². The predicted molar refractivity (Wildman–Crippen MR) is 100 cm³/mol. The highest BCUT2D eigenvalue weighted by Gasteiger charge is 2.48. The monoisotopic (exact) mass is 386 g/mol. The van der Waals surface area contributed by atoms with Gasteiger partial charge in [0.15, 0.2) is 0 Å². The Balaban J connectivity index is 1.43. The molecule has 2 saturated heterocycles. The van der Waals surface area contributed by atoms with Gasteiger partial charge in [-0.3, -0.25) is 9.69 Å². The van der Waals surface area contributed by atoms with E-state index in [1.807, 2.05) is 24.3 Å². The Hall–Kier alpha value is -2.80. The van der Waals surface area contributed by atoms with Crippen molar-refractivity contribution in [3.05, 3.63) is 58.7 Å². The summed E-state index contributed by atoms with van der Waals surface area (Å²) < 4.78 is 5.48. The van der Waals surface area contributed by atoms with Crippen LogP contribution in [0, 0.1) is 0 Å². The summed E-state index contributed by atoms with van der Waals surface area (Å²) in [5.74, 6) is 0.166. The largest absolute Gasteiger partial charge is 0.442 e. The van der Waals surface area contributed by atoms with Gasteiger partial charge in [-0.15, -0.1) is 0 Å². The van der Waals surface area contributed by atoms with Crippen molar-refractivity contribution in [2.45, 2.75) is 18.6 Å². The number of fused-ring (bicyclic) bond motifs is 1. The van der Waals surface area contributed by atoms with Crippen molar-refractivity contribution >= 4 is 29.4 Å². The molecule has 1 aromatic carbocycles. The lowest BCUT2D eigenvalue weighted by Crippen LogP contribution is -2.40. The third-order valence-corrected chi connectivity index (χ3v) is 5.20. The fourth-order valence-electron chi connectivity index (χ4n) is 3.63. The van der Waals surface area contributed by atoms with Gasteiger partial charge < -0.3 is 15.4 Å². The molecule has 0 bridgehead atoms. The Morgan fingerprint density at radius 3 is 2.93 bits per heavy atom. The van der Waals surface area contributed by atoms with Crippen molar-refractivity contribution in [2.75, 3.05) is 25.4 Å². The number of nitrogen functional groups attached to an aromatic ring is 1. The quantitative estimate of drug-likeness (QED) is 0.870. The van der Waals surface area contributed by atoms with Crippen LogP contribution in [0.4, 0.5) is 10.6 Å². The summed E-state index contributed by atoms with van der Waals surface area (Å²) in [6, 6.07) is 10.6. The summed E-state index contributed by atoms with van der Waals surface area (Å²) in [6.45, 7) is 1.34. The molecule has 2 amide bonds. The van der Waals surface area contributed by atoms with Crippen LogP contribution in [-0.4, -0.2) is 58.6 Å². The topological polar surface area (TPSA) is 88.8 Å². The Morgan fingerprint density at radius 2 is 2.15 bits per heavy atom. The molecule has 2 aliphatic heterocycles. The fraction of sp³-hybridized carbons (Fsp3) is 0.316. The van der Waals surface area contributed by atoms with Gasteiger partial charge in [-0.25, -0.2) is 9.78 Å². The molecule has 3 heterocycles. The standard InChI is InChI=1S/C19H19ClN4O3/c20-14-3-1-2-12(8-14)5-7-24-15-10-23(11-16(15)27-19(24)26)18(25)13-4-6-22-17(21)9-13/h1-4,6,8-9,15-16H,5,7,10-11H2,(H2,21,22)/t15-,16+/m1/s1. The van der Waals surface area contributed by atoms with E-state index in [0.717, 1.165) is 5.56 Å². The molecule has 2 aromatic rings. The number of rotatable bonds is 4. The number of pyridine rings is 1. The Bertz CT molecular complexity index is 891. The number of carbonyl (C=O) groups excluding carboxylic acids is 2. The second-order valence-corrected chi connectivity index (χ2v) is 7.18. The van der Waals surface area contributed by atoms with Crippen LogP contribution in [0.1, 0.15) is 15.9 Å². The van der Waals surface area contributed by atoms with Crippen LogP contribution in [0.25, 0.3) is 0 Å². The SMILES string of the molecule is Nc1cc(C(=O)N2C[C@@H]3OC(=O)N(CCc4cccc(Cl)c4)[C@@H]3C2)ccn1. The summed E-state index contributed by atoms with van der Waals surface area (Å²) in [6.07, 6.45) is 1.55. The van der Waals surface area contributed by atoms with Gasteiger partial charge in [-0.2, -0.15) is 0 Å². The predicted octanol–water partition coefficient (Wildman–Crippen LogP) is 2.21. The summed E-state index contributed by atoms with van der Waals surface area (Å²) >= 11 is 6.02. The zero-order chi connectivity index (χ0) is 19.0. The number of hydrogen-bond acceptors (Lipinski definition) is 5. The van der Waals surface area contributed by atoms with E-state index in [2.05, 4.69) is 4.98 Å². The maximum Gasteiger partial charge on any atom is 0.410 e. The zero-order valence-corrected chi connectivity index (χ0v) is 15.3. The molecule has 0 radical (unpaired) electrons. The molecule has 0 spiro atoms. The van der Waals surface area contributed by atoms with Crippen LogP contribution >= 0.6 is 11.6 Å². The van der Waals surface area contributed by atoms with E-state index in [4.69, 9.17) is 22.1 Å². The van der Waals surface area contributed by atoms with E-state index in [1.165, 1.54) is 6.20 Å². The van der Waals surface area contributed by atoms with E-state index in [0.29, 0.717) is 42.5 Å². The molecule has 140 valence electrons. The van der Waals surface area contributed by atoms with Gasteiger partial charge in [0.25, 0.3) is 5.91 Å². The number of aromatic nitrogens is 1.